The van der Waals surface area contributed by atoms with Crippen molar-refractivity contribution in [2.75, 3.05) is 19.1 Å². The number of benzene rings is 1. The molecule has 31 heavy (non-hydrogen) atoms. The number of methoxy groups -OCH3 is 2. The average molecular weight is 449 g/mol. The van der Waals surface area contributed by atoms with Crippen LogP contribution in [0.1, 0.15) is 27.7 Å². The molecule has 0 fully saturated rings. The first kappa shape index (κ1) is 24.4. The Morgan fingerprint density at radius 1 is 0.903 bits per heavy atom. The van der Waals surface area contributed by atoms with Crippen LogP contribution < -0.4 is 4.90 Å². The van der Waals surface area contributed by atoms with Crippen molar-refractivity contribution >= 4 is 27.6 Å². The van der Waals surface area contributed by atoms with Crippen LogP contribution in [0.4, 0.5) is 5.69 Å². The summed E-state index contributed by atoms with van der Waals surface area (Å²) in [6, 6.07) is 5.67. The van der Waals surface area contributed by atoms with Crippen LogP contribution in [-0.2, 0) is 29.1 Å². The predicted molar refractivity (Wildman–Crippen MR) is 118 cm³/mol. The molecule has 0 aliphatic carbocycles. The number of ether oxygens (including phenoxy) is 2. The van der Waals surface area contributed by atoms with Gasteiger partial charge in [-0.25, -0.2) is 18.0 Å². The zero-order valence-electron chi connectivity index (χ0n) is 18.5. The Kier molecular flexibility index (Phi) is 7.80. The lowest BCUT2D eigenvalue weighted by molar-refractivity contribution is -0.139. The van der Waals surface area contributed by atoms with E-state index >= 15 is 0 Å². The van der Waals surface area contributed by atoms with Crippen molar-refractivity contribution in [3.05, 3.63) is 60.0 Å². The van der Waals surface area contributed by atoms with Gasteiger partial charge in [0.2, 0.25) is 10.0 Å². The van der Waals surface area contributed by atoms with E-state index in [9.17, 15) is 18.0 Å². The summed E-state index contributed by atoms with van der Waals surface area (Å²) >= 11 is 0. The molecule has 0 aromatic heterocycles. The van der Waals surface area contributed by atoms with Crippen LogP contribution in [0.15, 0.2) is 64.9 Å². The molecule has 0 saturated heterocycles. The number of nitrogens with zero attached hydrogens (tertiary/aromatic N) is 2. The van der Waals surface area contributed by atoms with Crippen LogP contribution in [0.2, 0.25) is 0 Å². The fourth-order valence-corrected chi connectivity index (χ4v) is 5.25. The molecule has 1 aliphatic heterocycles. The minimum Gasteiger partial charge on any atom is -0.465 e. The Morgan fingerprint density at radius 3 is 1.94 bits per heavy atom. The third kappa shape index (κ3) is 5.05. The highest BCUT2D eigenvalue weighted by Gasteiger charge is 2.31. The summed E-state index contributed by atoms with van der Waals surface area (Å²) in [5, 5.41) is 0. The van der Waals surface area contributed by atoms with Crippen LogP contribution in [0.5, 0.6) is 0 Å². The quantitative estimate of drug-likeness (QED) is 0.592. The summed E-state index contributed by atoms with van der Waals surface area (Å²) in [5.41, 5.74) is 0.448. The van der Waals surface area contributed by atoms with Gasteiger partial charge in [-0.3, -0.25) is 0 Å². The van der Waals surface area contributed by atoms with Crippen molar-refractivity contribution < 1.29 is 27.5 Å². The summed E-state index contributed by atoms with van der Waals surface area (Å²) in [7, 11) is -1.28. The number of esters is 2. The van der Waals surface area contributed by atoms with E-state index in [4.69, 9.17) is 9.47 Å². The van der Waals surface area contributed by atoms with Crippen molar-refractivity contribution in [1.29, 1.82) is 0 Å². The van der Waals surface area contributed by atoms with E-state index in [2.05, 4.69) is 0 Å². The van der Waals surface area contributed by atoms with Crippen molar-refractivity contribution in [3.63, 3.8) is 0 Å². The van der Waals surface area contributed by atoms with E-state index in [0.717, 1.165) is 0 Å². The summed E-state index contributed by atoms with van der Waals surface area (Å²) in [4.78, 5) is 26.3. The Bertz CT molecular complexity index is 1010. The van der Waals surface area contributed by atoms with E-state index < -0.39 is 22.0 Å². The maximum absolute atomic E-state index is 13.1. The lowest BCUT2D eigenvalue weighted by atomic mass is 10.1. The summed E-state index contributed by atoms with van der Waals surface area (Å²) in [6.07, 6.45) is 6.27. The van der Waals surface area contributed by atoms with Crippen LogP contribution in [0.25, 0.3) is 0 Å². The van der Waals surface area contributed by atoms with E-state index in [0.29, 0.717) is 5.69 Å². The molecular formula is C22H28N2O6S. The second kappa shape index (κ2) is 9.93. The topological polar surface area (TPSA) is 93.2 Å². The molecule has 0 atom stereocenters. The fourth-order valence-electron chi connectivity index (χ4n) is 3.42. The highest BCUT2D eigenvalue weighted by Crippen LogP contribution is 2.29. The largest absolute Gasteiger partial charge is 0.465 e. The summed E-state index contributed by atoms with van der Waals surface area (Å²) in [5.74, 6) is -1.44. The van der Waals surface area contributed by atoms with Crippen molar-refractivity contribution in [3.8, 4) is 0 Å². The van der Waals surface area contributed by atoms with Crippen LogP contribution in [0.3, 0.4) is 0 Å². The van der Waals surface area contributed by atoms with Crippen LogP contribution in [-0.4, -0.2) is 51.0 Å². The number of sulfonamides is 1. The van der Waals surface area contributed by atoms with Gasteiger partial charge in [0.05, 0.1) is 24.7 Å². The van der Waals surface area contributed by atoms with Gasteiger partial charge in [0.15, 0.2) is 0 Å². The molecule has 0 unspecified atom stereocenters. The SMILES string of the molecule is COC(=O)C1=C(C(=O)OC)N(c2ccc(S(=O)(=O)N(C(C)C)C(C)C)cc2)C=CC=C1. The number of anilines is 1. The summed E-state index contributed by atoms with van der Waals surface area (Å²) in [6.45, 7) is 7.29. The zero-order chi connectivity index (χ0) is 23.3. The van der Waals surface area contributed by atoms with Gasteiger partial charge in [0.1, 0.15) is 5.70 Å². The maximum atomic E-state index is 13.1. The smallest absolute Gasteiger partial charge is 0.355 e. The molecule has 168 valence electrons. The Labute approximate surface area is 183 Å². The molecule has 0 radical (unpaired) electrons. The number of hydrogen-bond donors (Lipinski definition) is 0. The molecule has 0 bridgehead atoms. The van der Waals surface area contributed by atoms with Crippen molar-refractivity contribution in [2.24, 2.45) is 0 Å². The fraction of sp³-hybridized carbons (Fsp3) is 0.364. The number of carbonyl (C=O) groups excluding carboxylic acids is 2. The van der Waals surface area contributed by atoms with E-state index in [1.165, 1.54) is 41.6 Å². The molecule has 1 aliphatic rings. The Hall–Kier alpha value is -2.91. The zero-order valence-corrected chi connectivity index (χ0v) is 19.3. The maximum Gasteiger partial charge on any atom is 0.355 e. The molecule has 0 N–H and O–H groups in total. The van der Waals surface area contributed by atoms with Gasteiger partial charge in [-0.2, -0.15) is 4.31 Å². The lowest BCUT2D eigenvalue weighted by Gasteiger charge is -2.30. The van der Waals surface area contributed by atoms with Gasteiger partial charge in [-0.05, 0) is 64.1 Å². The monoisotopic (exact) mass is 448 g/mol. The van der Waals surface area contributed by atoms with Gasteiger partial charge in [-0.15, -0.1) is 0 Å². The van der Waals surface area contributed by atoms with E-state index in [-0.39, 0.29) is 28.2 Å². The minimum absolute atomic E-state index is 0.0156. The van der Waals surface area contributed by atoms with E-state index in [1.54, 1.807) is 30.5 Å². The molecule has 8 nitrogen and oxygen atoms in total. The molecule has 1 heterocycles. The van der Waals surface area contributed by atoms with Crippen molar-refractivity contribution in [1.82, 2.24) is 4.31 Å². The van der Waals surface area contributed by atoms with Gasteiger partial charge in [0, 0.05) is 24.0 Å². The normalized spacial score (nSPS) is 14.4. The van der Waals surface area contributed by atoms with Crippen molar-refractivity contribution in [2.45, 2.75) is 44.7 Å². The molecule has 1 aromatic rings. The highest BCUT2D eigenvalue weighted by atomic mass is 32.2. The van der Waals surface area contributed by atoms with Crippen LogP contribution in [0, 0.1) is 0 Å². The standard InChI is InChI=1S/C22H28N2O6S/c1-15(2)24(16(3)4)31(27,28)18-12-10-17(11-13-18)23-14-8-7-9-19(21(25)29-5)20(23)22(26)30-6/h7-16H,1-6H3. The van der Waals surface area contributed by atoms with Gasteiger partial charge >= 0.3 is 11.9 Å². The number of rotatable bonds is 7. The second-order valence-electron chi connectivity index (χ2n) is 7.33. The molecule has 2 rings (SSSR count). The molecule has 1 aromatic carbocycles. The molecular weight excluding hydrogens is 420 g/mol. The third-order valence-electron chi connectivity index (χ3n) is 4.60. The van der Waals surface area contributed by atoms with Crippen LogP contribution >= 0.6 is 0 Å². The van der Waals surface area contributed by atoms with Gasteiger partial charge in [-0.1, -0.05) is 6.08 Å². The van der Waals surface area contributed by atoms with E-state index in [1.807, 2.05) is 27.7 Å². The first-order chi connectivity index (χ1) is 14.6. The first-order valence-corrected chi connectivity index (χ1v) is 11.2. The third-order valence-corrected chi connectivity index (χ3v) is 6.86. The summed E-state index contributed by atoms with van der Waals surface area (Å²) < 4.78 is 37.3. The van der Waals surface area contributed by atoms with Gasteiger partial charge < -0.3 is 14.4 Å². The molecule has 0 spiro atoms. The predicted octanol–water partition coefficient (Wildman–Crippen LogP) is 2.98. The number of carbonyl (C=O) groups is 2. The minimum atomic E-state index is -3.71. The second-order valence-corrected chi connectivity index (χ2v) is 9.18. The molecule has 0 amide bonds. The lowest BCUT2D eigenvalue weighted by Crippen LogP contribution is -2.41. The molecule has 0 saturated carbocycles. The number of hydrogen-bond acceptors (Lipinski definition) is 7. The van der Waals surface area contributed by atoms with Gasteiger partial charge in [0.25, 0.3) is 0 Å². The molecule has 9 heteroatoms. The highest BCUT2D eigenvalue weighted by molar-refractivity contribution is 7.89. The Morgan fingerprint density at radius 2 is 1.45 bits per heavy atom. The first-order valence-electron chi connectivity index (χ1n) is 9.74. The Balaban J connectivity index is 2.56. The average Bonchev–Trinajstić information content (AvgIpc) is 2.94. The number of allylic oxidation sites excluding steroid dienone is 2.